The molecule has 0 bridgehead atoms. The molecule has 2 saturated carbocycles. The molecule has 20 heavy (non-hydrogen) atoms. The molecule has 1 unspecified atom stereocenters. The molecule has 3 nitrogen and oxygen atoms in total. The minimum Gasteiger partial charge on any atom is -0.389 e. The van der Waals surface area contributed by atoms with Crippen LogP contribution in [0.25, 0.3) is 0 Å². The van der Waals surface area contributed by atoms with E-state index in [0.717, 1.165) is 0 Å². The van der Waals surface area contributed by atoms with Gasteiger partial charge < -0.3 is 15.2 Å². The molecule has 2 N–H and O–H groups in total. The Labute approximate surface area is 124 Å². The number of rotatable bonds is 6. The summed E-state index contributed by atoms with van der Waals surface area (Å²) >= 11 is 0. The van der Waals surface area contributed by atoms with E-state index >= 15 is 0 Å². The SMILES string of the molecule is OC(CNC1CCCCC1)COC1CCCCCCC1. The van der Waals surface area contributed by atoms with Gasteiger partial charge in [-0.3, -0.25) is 0 Å². The minimum absolute atomic E-state index is 0.345. The van der Waals surface area contributed by atoms with Gasteiger partial charge in [0.2, 0.25) is 0 Å². The number of ether oxygens (including phenoxy) is 1. The Morgan fingerprint density at radius 1 is 0.850 bits per heavy atom. The second kappa shape index (κ2) is 9.75. The molecule has 3 heteroatoms. The molecular formula is C17H33NO2. The van der Waals surface area contributed by atoms with Crippen molar-refractivity contribution < 1.29 is 9.84 Å². The molecule has 1 atom stereocenters. The van der Waals surface area contributed by atoms with Gasteiger partial charge in [0.15, 0.2) is 0 Å². The zero-order chi connectivity index (χ0) is 14.0. The molecule has 0 saturated heterocycles. The number of aliphatic hydroxyl groups excluding tert-OH is 1. The Morgan fingerprint density at radius 3 is 2.10 bits per heavy atom. The first-order valence-corrected chi connectivity index (χ1v) is 8.87. The van der Waals surface area contributed by atoms with Crippen molar-refractivity contribution in [2.24, 2.45) is 0 Å². The van der Waals surface area contributed by atoms with Crippen molar-refractivity contribution in [2.75, 3.05) is 13.2 Å². The summed E-state index contributed by atoms with van der Waals surface area (Å²) in [4.78, 5) is 0. The number of hydrogen-bond acceptors (Lipinski definition) is 3. The van der Waals surface area contributed by atoms with E-state index in [2.05, 4.69) is 5.32 Å². The summed E-state index contributed by atoms with van der Waals surface area (Å²) in [5.74, 6) is 0. The quantitative estimate of drug-likeness (QED) is 0.785. The van der Waals surface area contributed by atoms with E-state index in [9.17, 15) is 5.11 Å². The predicted molar refractivity (Wildman–Crippen MR) is 82.9 cm³/mol. The highest BCUT2D eigenvalue weighted by Gasteiger charge is 2.16. The third-order valence-corrected chi connectivity index (χ3v) is 4.82. The lowest BCUT2D eigenvalue weighted by atomic mass is 9.95. The molecule has 0 heterocycles. The van der Waals surface area contributed by atoms with E-state index in [1.807, 2.05) is 0 Å². The summed E-state index contributed by atoms with van der Waals surface area (Å²) < 4.78 is 5.93. The molecule has 2 fully saturated rings. The van der Waals surface area contributed by atoms with Gasteiger partial charge in [-0.2, -0.15) is 0 Å². The summed E-state index contributed by atoms with van der Waals surface area (Å²) in [7, 11) is 0. The molecule has 0 spiro atoms. The minimum atomic E-state index is -0.345. The fraction of sp³-hybridized carbons (Fsp3) is 1.00. The van der Waals surface area contributed by atoms with Gasteiger partial charge in [-0.15, -0.1) is 0 Å². The van der Waals surface area contributed by atoms with Crippen LogP contribution in [0, 0.1) is 0 Å². The molecule has 0 radical (unpaired) electrons. The normalized spacial score (nSPS) is 25.1. The lowest BCUT2D eigenvalue weighted by Crippen LogP contribution is -2.39. The second-order valence-corrected chi connectivity index (χ2v) is 6.70. The van der Waals surface area contributed by atoms with E-state index in [1.54, 1.807) is 0 Å². The van der Waals surface area contributed by atoms with E-state index in [0.29, 0.717) is 25.3 Å². The Bertz CT molecular complexity index is 233. The van der Waals surface area contributed by atoms with Crippen LogP contribution in [0.4, 0.5) is 0 Å². The highest BCUT2D eigenvalue weighted by atomic mass is 16.5. The Balaban J connectivity index is 1.55. The zero-order valence-electron chi connectivity index (χ0n) is 13.0. The van der Waals surface area contributed by atoms with Gasteiger partial charge in [0.05, 0.1) is 18.8 Å². The van der Waals surface area contributed by atoms with E-state index in [1.165, 1.54) is 77.0 Å². The molecule has 2 aliphatic rings. The van der Waals surface area contributed by atoms with Crippen molar-refractivity contribution in [3.05, 3.63) is 0 Å². The van der Waals surface area contributed by atoms with Crippen LogP contribution in [0.3, 0.4) is 0 Å². The average Bonchev–Trinajstić information content (AvgIpc) is 2.45. The van der Waals surface area contributed by atoms with Gasteiger partial charge in [0, 0.05) is 12.6 Å². The van der Waals surface area contributed by atoms with Gasteiger partial charge in [0.1, 0.15) is 0 Å². The third-order valence-electron chi connectivity index (χ3n) is 4.82. The highest BCUT2D eigenvalue weighted by molar-refractivity contribution is 4.74. The van der Waals surface area contributed by atoms with Crippen LogP contribution >= 0.6 is 0 Å². The second-order valence-electron chi connectivity index (χ2n) is 6.70. The lowest BCUT2D eigenvalue weighted by molar-refractivity contribution is -0.0195. The van der Waals surface area contributed by atoms with Crippen LogP contribution in [0.5, 0.6) is 0 Å². The van der Waals surface area contributed by atoms with Crippen LogP contribution in [0.15, 0.2) is 0 Å². The zero-order valence-corrected chi connectivity index (χ0v) is 13.0. The van der Waals surface area contributed by atoms with E-state index < -0.39 is 0 Å². The third kappa shape index (κ3) is 6.55. The summed E-state index contributed by atoms with van der Waals surface area (Å²) in [6, 6.07) is 0.625. The monoisotopic (exact) mass is 283 g/mol. The van der Waals surface area contributed by atoms with Crippen LogP contribution in [-0.2, 0) is 4.74 Å². The highest BCUT2D eigenvalue weighted by Crippen LogP contribution is 2.20. The van der Waals surface area contributed by atoms with Crippen LogP contribution in [-0.4, -0.2) is 36.5 Å². The number of hydrogen-bond donors (Lipinski definition) is 2. The molecule has 0 aromatic heterocycles. The first-order chi connectivity index (χ1) is 9.84. The fourth-order valence-corrected chi connectivity index (χ4v) is 3.50. The summed E-state index contributed by atoms with van der Waals surface area (Å²) in [6.07, 6.45) is 15.7. The van der Waals surface area contributed by atoms with Crippen molar-refractivity contribution in [3.63, 3.8) is 0 Å². The molecule has 0 aromatic carbocycles. The van der Waals surface area contributed by atoms with E-state index in [-0.39, 0.29) is 6.10 Å². The largest absolute Gasteiger partial charge is 0.389 e. The molecule has 118 valence electrons. The first kappa shape index (κ1) is 16.3. The lowest BCUT2D eigenvalue weighted by Gasteiger charge is -2.25. The van der Waals surface area contributed by atoms with Crippen molar-refractivity contribution in [2.45, 2.75) is 95.3 Å². The Kier molecular flexibility index (Phi) is 7.92. The van der Waals surface area contributed by atoms with E-state index in [4.69, 9.17) is 4.74 Å². The van der Waals surface area contributed by atoms with Gasteiger partial charge in [-0.1, -0.05) is 51.4 Å². The first-order valence-electron chi connectivity index (χ1n) is 8.87. The molecule has 0 aromatic rings. The molecule has 0 amide bonds. The molecule has 2 aliphatic carbocycles. The maximum Gasteiger partial charge on any atom is 0.0897 e. The van der Waals surface area contributed by atoms with Crippen molar-refractivity contribution in [1.82, 2.24) is 5.32 Å². The van der Waals surface area contributed by atoms with Gasteiger partial charge in [-0.05, 0) is 25.7 Å². The topological polar surface area (TPSA) is 41.5 Å². The number of aliphatic hydroxyl groups is 1. The standard InChI is InChI=1S/C17H33NO2/c19-16(13-18-15-9-5-4-6-10-15)14-20-17-11-7-2-1-3-8-12-17/h15-19H,1-14H2. The number of nitrogens with one attached hydrogen (secondary N) is 1. The van der Waals surface area contributed by atoms with Crippen molar-refractivity contribution in [3.8, 4) is 0 Å². The summed E-state index contributed by atoms with van der Waals surface area (Å²) in [5.41, 5.74) is 0. The smallest absolute Gasteiger partial charge is 0.0897 e. The van der Waals surface area contributed by atoms with Crippen molar-refractivity contribution in [1.29, 1.82) is 0 Å². The molecule has 2 rings (SSSR count). The Hall–Kier alpha value is -0.120. The summed E-state index contributed by atoms with van der Waals surface area (Å²) in [6.45, 7) is 1.20. The Morgan fingerprint density at radius 2 is 1.40 bits per heavy atom. The molecule has 0 aliphatic heterocycles. The summed E-state index contributed by atoms with van der Waals surface area (Å²) in [5, 5.41) is 13.6. The van der Waals surface area contributed by atoms with Gasteiger partial charge in [-0.25, -0.2) is 0 Å². The van der Waals surface area contributed by atoms with Crippen LogP contribution in [0.2, 0.25) is 0 Å². The van der Waals surface area contributed by atoms with Crippen LogP contribution in [0.1, 0.15) is 77.0 Å². The maximum absolute atomic E-state index is 10.0. The maximum atomic E-state index is 10.0. The van der Waals surface area contributed by atoms with Gasteiger partial charge >= 0.3 is 0 Å². The van der Waals surface area contributed by atoms with Crippen LogP contribution < -0.4 is 5.32 Å². The van der Waals surface area contributed by atoms with Gasteiger partial charge in [0.25, 0.3) is 0 Å². The predicted octanol–water partition coefficient (Wildman–Crippen LogP) is 3.40. The average molecular weight is 283 g/mol. The fourth-order valence-electron chi connectivity index (χ4n) is 3.50. The molecular weight excluding hydrogens is 250 g/mol. The van der Waals surface area contributed by atoms with Crippen molar-refractivity contribution >= 4 is 0 Å².